The number of nitrogen functional groups attached to an aromatic ring is 1. The van der Waals surface area contributed by atoms with E-state index in [4.69, 9.17) is 5.73 Å². The highest BCUT2D eigenvalue weighted by molar-refractivity contribution is 5.91. The van der Waals surface area contributed by atoms with Crippen molar-refractivity contribution in [1.82, 2.24) is 9.97 Å². The molecule has 3 aromatic rings. The Labute approximate surface area is 115 Å². The SMILES string of the molecule is Cc1ccc(F)c(Nc2nc(N)nc3ccccc23)c1. The Morgan fingerprint density at radius 1 is 1.10 bits per heavy atom. The van der Waals surface area contributed by atoms with E-state index >= 15 is 0 Å². The zero-order valence-corrected chi connectivity index (χ0v) is 10.9. The number of nitrogens with two attached hydrogens (primary N) is 1. The average molecular weight is 268 g/mol. The van der Waals surface area contributed by atoms with Crippen molar-refractivity contribution in [2.24, 2.45) is 0 Å². The summed E-state index contributed by atoms with van der Waals surface area (Å²) in [6.45, 7) is 1.90. The minimum atomic E-state index is -0.336. The van der Waals surface area contributed by atoms with E-state index in [1.807, 2.05) is 31.2 Å². The summed E-state index contributed by atoms with van der Waals surface area (Å²) in [5.74, 6) is 0.314. The molecule has 0 aliphatic carbocycles. The predicted octanol–water partition coefficient (Wildman–Crippen LogP) is 3.40. The highest BCUT2D eigenvalue weighted by atomic mass is 19.1. The van der Waals surface area contributed by atoms with Gasteiger partial charge in [0.05, 0.1) is 11.2 Å². The number of para-hydroxylation sites is 1. The third-order valence-corrected chi connectivity index (χ3v) is 3.00. The lowest BCUT2D eigenvalue weighted by Crippen LogP contribution is -2.02. The number of aromatic nitrogens is 2. The number of benzene rings is 2. The van der Waals surface area contributed by atoms with Gasteiger partial charge in [-0.1, -0.05) is 18.2 Å². The number of aryl methyl sites for hydroxylation is 1. The van der Waals surface area contributed by atoms with Crippen LogP contribution in [0, 0.1) is 12.7 Å². The molecule has 0 bridgehead atoms. The van der Waals surface area contributed by atoms with Crippen molar-refractivity contribution >= 4 is 28.4 Å². The first-order valence-corrected chi connectivity index (χ1v) is 6.19. The zero-order chi connectivity index (χ0) is 14.1. The Kier molecular flexibility index (Phi) is 2.95. The number of hydrogen-bond donors (Lipinski definition) is 2. The summed E-state index contributed by atoms with van der Waals surface area (Å²) < 4.78 is 13.8. The highest BCUT2D eigenvalue weighted by Gasteiger charge is 2.08. The molecule has 0 fully saturated rings. The van der Waals surface area contributed by atoms with Gasteiger partial charge in [0.2, 0.25) is 5.95 Å². The van der Waals surface area contributed by atoms with Crippen molar-refractivity contribution in [2.75, 3.05) is 11.1 Å². The molecule has 1 aromatic heterocycles. The van der Waals surface area contributed by atoms with Gasteiger partial charge in [0.1, 0.15) is 11.6 Å². The third-order valence-electron chi connectivity index (χ3n) is 3.00. The Morgan fingerprint density at radius 2 is 1.90 bits per heavy atom. The van der Waals surface area contributed by atoms with Gasteiger partial charge in [0.15, 0.2) is 0 Å². The van der Waals surface area contributed by atoms with Crippen LogP contribution < -0.4 is 11.1 Å². The molecule has 0 aliphatic rings. The van der Waals surface area contributed by atoms with Gasteiger partial charge >= 0.3 is 0 Å². The number of nitrogens with one attached hydrogen (secondary N) is 1. The molecule has 0 saturated carbocycles. The van der Waals surface area contributed by atoms with Crippen molar-refractivity contribution in [2.45, 2.75) is 6.92 Å². The van der Waals surface area contributed by atoms with Gasteiger partial charge in [-0.3, -0.25) is 0 Å². The van der Waals surface area contributed by atoms with Gasteiger partial charge in [-0.25, -0.2) is 9.37 Å². The molecule has 0 spiro atoms. The highest BCUT2D eigenvalue weighted by Crippen LogP contribution is 2.26. The Balaban J connectivity index is 2.13. The maximum Gasteiger partial charge on any atom is 0.222 e. The van der Waals surface area contributed by atoms with E-state index in [1.165, 1.54) is 6.07 Å². The van der Waals surface area contributed by atoms with E-state index in [0.29, 0.717) is 11.5 Å². The summed E-state index contributed by atoms with van der Waals surface area (Å²) in [4.78, 5) is 8.31. The van der Waals surface area contributed by atoms with E-state index in [9.17, 15) is 4.39 Å². The van der Waals surface area contributed by atoms with Crippen molar-refractivity contribution in [3.05, 3.63) is 53.8 Å². The minimum Gasteiger partial charge on any atom is -0.368 e. The Hall–Kier alpha value is -2.69. The van der Waals surface area contributed by atoms with Crippen LogP contribution in [0.25, 0.3) is 10.9 Å². The fraction of sp³-hybridized carbons (Fsp3) is 0.0667. The molecule has 2 aromatic carbocycles. The number of hydrogen-bond acceptors (Lipinski definition) is 4. The molecule has 0 saturated heterocycles. The first-order valence-electron chi connectivity index (χ1n) is 6.19. The van der Waals surface area contributed by atoms with Gasteiger partial charge in [0, 0.05) is 5.39 Å². The third kappa shape index (κ3) is 2.25. The fourth-order valence-corrected chi connectivity index (χ4v) is 2.05. The molecule has 4 nitrogen and oxygen atoms in total. The van der Waals surface area contributed by atoms with E-state index in [0.717, 1.165) is 16.5 Å². The smallest absolute Gasteiger partial charge is 0.222 e. The van der Waals surface area contributed by atoms with Gasteiger partial charge < -0.3 is 11.1 Å². The topological polar surface area (TPSA) is 63.8 Å². The fourth-order valence-electron chi connectivity index (χ4n) is 2.05. The second-order valence-corrected chi connectivity index (χ2v) is 4.56. The van der Waals surface area contributed by atoms with E-state index in [-0.39, 0.29) is 11.8 Å². The molecule has 20 heavy (non-hydrogen) atoms. The first kappa shape index (κ1) is 12.3. The number of fused-ring (bicyclic) bond motifs is 1. The second-order valence-electron chi connectivity index (χ2n) is 4.56. The summed E-state index contributed by atoms with van der Waals surface area (Å²) >= 11 is 0. The standard InChI is InChI=1S/C15H13FN4/c1-9-6-7-11(16)13(8-9)18-14-10-4-2-3-5-12(10)19-15(17)20-14/h2-8H,1H3,(H3,17,18,19,20). The van der Waals surface area contributed by atoms with Crippen LogP contribution in [0.15, 0.2) is 42.5 Å². The summed E-state index contributed by atoms with van der Waals surface area (Å²) in [5, 5.41) is 3.78. The van der Waals surface area contributed by atoms with Gasteiger partial charge in [0.25, 0.3) is 0 Å². The van der Waals surface area contributed by atoms with Crippen LogP contribution in [0.5, 0.6) is 0 Å². The van der Waals surface area contributed by atoms with Gasteiger partial charge in [-0.05, 0) is 36.8 Å². The molecular weight excluding hydrogens is 255 g/mol. The summed E-state index contributed by atoms with van der Waals surface area (Å²) in [6, 6.07) is 12.3. The van der Waals surface area contributed by atoms with Crippen LogP contribution in [-0.2, 0) is 0 Å². The monoisotopic (exact) mass is 268 g/mol. The molecule has 0 aliphatic heterocycles. The molecule has 100 valence electrons. The van der Waals surface area contributed by atoms with Crippen LogP contribution in [0.4, 0.5) is 21.8 Å². The van der Waals surface area contributed by atoms with Crippen molar-refractivity contribution < 1.29 is 4.39 Å². The van der Waals surface area contributed by atoms with E-state index in [1.54, 1.807) is 12.1 Å². The number of rotatable bonds is 2. The normalized spacial score (nSPS) is 10.7. The summed E-state index contributed by atoms with van der Waals surface area (Å²) in [6.07, 6.45) is 0. The molecule has 0 radical (unpaired) electrons. The lowest BCUT2D eigenvalue weighted by atomic mass is 10.2. The quantitative estimate of drug-likeness (QED) is 0.747. The van der Waals surface area contributed by atoms with Crippen molar-refractivity contribution in [3.63, 3.8) is 0 Å². The molecule has 0 amide bonds. The number of anilines is 3. The molecular formula is C15H13FN4. The first-order chi connectivity index (χ1) is 9.63. The zero-order valence-electron chi connectivity index (χ0n) is 10.9. The van der Waals surface area contributed by atoms with Gasteiger partial charge in [-0.2, -0.15) is 4.98 Å². The Bertz CT molecular complexity index is 786. The lowest BCUT2D eigenvalue weighted by Gasteiger charge is -2.10. The van der Waals surface area contributed by atoms with Crippen LogP contribution in [0.3, 0.4) is 0 Å². The van der Waals surface area contributed by atoms with Crippen LogP contribution in [0.1, 0.15) is 5.56 Å². The number of halogens is 1. The molecule has 0 atom stereocenters. The van der Waals surface area contributed by atoms with Gasteiger partial charge in [-0.15, -0.1) is 0 Å². The maximum absolute atomic E-state index is 13.8. The molecule has 3 N–H and O–H groups in total. The second kappa shape index (κ2) is 4.77. The number of nitrogens with zero attached hydrogens (tertiary/aromatic N) is 2. The van der Waals surface area contributed by atoms with Crippen molar-refractivity contribution in [1.29, 1.82) is 0 Å². The average Bonchev–Trinajstić information content (AvgIpc) is 2.43. The molecule has 5 heteroatoms. The Morgan fingerprint density at radius 3 is 2.75 bits per heavy atom. The molecule has 3 rings (SSSR count). The lowest BCUT2D eigenvalue weighted by molar-refractivity contribution is 0.631. The maximum atomic E-state index is 13.8. The van der Waals surface area contributed by atoms with E-state index < -0.39 is 0 Å². The van der Waals surface area contributed by atoms with Crippen LogP contribution >= 0.6 is 0 Å². The van der Waals surface area contributed by atoms with Crippen LogP contribution in [-0.4, -0.2) is 9.97 Å². The minimum absolute atomic E-state index is 0.152. The van der Waals surface area contributed by atoms with Crippen molar-refractivity contribution in [3.8, 4) is 0 Å². The largest absolute Gasteiger partial charge is 0.368 e. The molecule has 1 heterocycles. The van der Waals surface area contributed by atoms with Crippen LogP contribution in [0.2, 0.25) is 0 Å². The van der Waals surface area contributed by atoms with E-state index in [2.05, 4.69) is 15.3 Å². The summed E-state index contributed by atoms with van der Waals surface area (Å²) in [7, 11) is 0. The summed E-state index contributed by atoms with van der Waals surface area (Å²) in [5.41, 5.74) is 7.74. The molecule has 0 unspecified atom stereocenters. The predicted molar refractivity (Wildman–Crippen MR) is 78.4 cm³/mol.